The molecule has 1 aromatic heterocycles. The number of ether oxygens (including phenoxy) is 1. The SMILES string of the molecule is CCOc1ncccc1C(=O)NNC(=O)CNc1ccc(C)cc1C. The first-order valence-electron chi connectivity index (χ1n) is 7.99. The Morgan fingerprint density at radius 2 is 1.96 bits per heavy atom. The summed E-state index contributed by atoms with van der Waals surface area (Å²) in [5, 5.41) is 3.03. The summed E-state index contributed by atoms with van der Waals surface area (Å²) in [6.07, 6.45) is 1.54. The van der Waals surface area contributed by atoms with Gasteiger partial charge in [0.25, 0.3) is 11.8 Å². The van der Waals surface area contributed by atoms with Gasteiger partial charge in [-0.15, -0.1) is 0 Å². The van der Waals surface area contributed by atoms with Crippen molar-refractivity contribution in [3.05, 3.63) is 53.2 Å². The van der Waals surface area contributed by atoms with E-state index in [9.17, 15) is 9.59 Å². The quantitative estimate of drug-likeness (QED) is 0.698. The molecule has 0 spiro atoms. The van der Waals surface area contributed by atoms with Crippen molar-refractivity contribution in [3.63, 3.8) is 0 Å². The Hall–Kier alpha value is -3.09. The van der Waals surface area contributed by atoms with Crippen LogP contribution in [0.2, 0.25) is 0 Å². The first-order valence-corrected chi connectivity index (χ1v) is 7.99. The number of aromatic nitrogens is 1. The van der Waals surface area contributed by atoms with E-state index in [-0.39, 0.29) is 23.9 Å². The van der Waals surface area contributed by atoms with Gasteiger partial charge in [-0.25, -0.2) is 4.98 Å². The molecule has 0 saturated heterocycles. The molecule has 0 fully saturated rings. The Morgan fingerprint density at radius 3 is 2.68 bits per heavy atom. The van der Waals surface area contributed by atoms with Crippen LogP contribution in [0.25, 0.3) is 0 Å². The standard InChI is InChI=1S/C18H22N4O3/c1-4-25-18-14(6-5-9-19-18)17(24)22-21-16(23)11-20-15-8-7-12(2)10-13(15)3/h5-10,20H,4,11H2,1-3H3,(H,21,23)(H,22,24). The second-order valence-corrected chi connectivity index (χ2v) is 5.46. The van der Waals surface area contributed by atoms with Crippen LogP contribution in [0, 0.1) is 13.8 Å². The van der Waals surface area contributed by atoms with Gasteiger partial charge in [0, 0.05) is 11.9 Å². The number of nitrogens with zero attached hydrogens (tertiary/aromatic N) is 1. The minimum Gasteiger partial charge on any atom is -0.477 e. The van der Waals surface area contributed by atoms with Crippen LogP contribution >= 0.6 is 0 Å². The molecular formula is C18H22N4O3. The van der Waals surface area contributed by atoms with Gasteiger partial charge in [0.15, 0.2) is 0 Å². The third-order valence-electron chi connectivity index (χ3n) is 3.43. The van der Waals surface area contributed by atoms with E-state index in [4.69, 9.17) is 4.74 Å². The summed E-state index contributed by atoms with van der Waals surface area (Å²) in [4.78, 5) is 28.1. The van der Waals surface area contributed by atoms with E-state index in [1.54, 1.807) is 19.1 Å². The van der Waals surface area contributed by atoms with E-state index in [0.29, 0.717) is 6.61 Å². The van der Waals surface area contributed by atoms with E-state index < -0.39 is 5.91 Å². The van der Waals surface area contributed by atoms with E-state index in [1.165, 1.54) is 6.20 Å². The highest BCUT2D eigenvalue weighted by molar-refractivity contribution is 5.97. The zero-order valence-corrected chi connectivity index (χ0v) is 14.6. The predicted octanol–water partition coefficient (Wildman–Crippen LogP) is 1.97. The van der Waals surface area contributed by atoms with Gasteiger partial charge in [-0.2, -0.15) is 0 Å². The molecule has 0 unspecified atom stereocenters. The molecule has 2 rings (SSSR count). The summed E-state index contributed by atoms with van der Waals surface area (Å²) < 4.78 is 5.30. The maximum Gasteiger partial charge on any atom is 0.275 e. The maximum absolute atomic E-state index is 12.1. The van der Waals surface area contributed by atoms with Crippen molar-refractivity contribution in [2.45, 2.75) is 20.8 Å². The fourth-order valence-corrected chi connectivity index (χ4v) is 2.24. The summed E-state index contributed by atoms with van der Waals surface area (Å²) in [6, 6.07) is 9.11. The number of hydrogen-bond donors (Lipinski definition) is 3. The normalized spacial score (nSPS) is 10.0. The van der Waals surface area contributed by atoms with Gasteiger partial charge in [0.1, 0.15) is 5.56 Å². The molecule has 7 heteroatoms. The molecule has 1 heterocycles. The maximum atomic E-state index is 12.1. The largest absolute Gasteiger partial charge is 0.477 e. The fourth-order valence-electron chi connectivity index (χ4n) is 2.24. The Balaban J connectivity index is 1.86. The van der Waals surface area contributed by atoms with Gasteiger partial charge in [0.05, 0.1) is 13.2 Å². The fraction of sp³-hybridized carbons (Fsp3) is 0.278. The van der Waals surface area contributed by atoms with Crippen LogP contribution in [-0.2, 0) is 4.79 Å². The summed E-state index contributed by atoms with van der Waals surface area (Å²) in [6.45, 7) is 6.20. The summed E-state index contributed by atoms with van der Waals surface area (Å²) in [5.74, 6) is -0.628. The molecule has 7 nitrogen and oxygen atoms in total. The molecule has 0 saturated carbocycles. The molecule has 0 bridgehead atoms. The summed E-state index contributed by atoms with van der Waals surface area (Å²) >= 11 is 0. The number of carbonyl (C=O) groups excluding carboxylic acids is 2. The van der Waals surface area contributed by atoms with E-state index >= 15 is 0 Å². The lowest BCUT2D eigenvalue weighted by molar-refractivity contribution is -0.120. The minimum atomic E-state index is -0.489. The zero-order valence-electron chi connectivity index (χ0n) is 14.6. The molecule has 0 radical (unpaired) electrons. The Bertz CT molecular complexity index is 762. The molecule has 2 amide bonds. The van der Waals surface area contributed by atoms with Gasteiger partial charge in [0.2, 0.25) is 5.88 Å². The van der Waals surface area contributed by atoms with Crippen LogP contribution in [-0.4, -0.2) is 29.9 Å². The van der Waals surface area contributed by atoms with Gasteiger partial charge < -0.3 is 10.1 Å². The molecule has 3 N–H and O–H groups in total. The van der Waals surface area contributed by atoms with Crippen molar-refractivity contribution in [3.8, 4) is 5.88 Å². The van der Waals surface area contributed by atoms with E-state index in [2.05, 4.69) is 21.2 Å². The number of rotatable bonds is 6. The Morgan fingerprint density at radius 1 is 1.16 bits per heavy atom. The molecule has 132 valence electrons. The van der Waals surface area contributed by atoms with Crippen LogP contribution in [0.1, 0.15) is 28.4 Å². The smallest absolute Gasteiger partial charge is 0.275 e. The number of benzene rings is 1. The molecule has 2 aromatic rings. The van der Waals surface area contributed by atoms with Crippen LogP contribution < -0.4 is 20.9 Å². The second-order valence-electron chi connectivity index (χ2n) is 5.46. The minimum absolute atomic E-state index is 0.0372. The first-order chi connectivity index (χ1) is 12.0. The number of pyridine rings is 1. The predicted molar refractivity (Wildman–Crippen MR) is 95.4 cm³/mol. The van der Waals surface area contributed by atoms with E-state index in [0.717, 1.165) is 16.8 Å². The van der Waals surface area contributed by atoms with Crippen LogP contribution in [0.4, 0.5) is 5.69 Å². The lowest BCUT2D eigenvalue weighted by atomic mass is 10.1. The highest BCUT2D eigenvalue weighted by Crippen LogP contribution is 2.15. The number of aryl methyl sites for hydroxylation is 2. The molecule has 0 atom stereocenters. The van der Waals surface area contributed by atoms with Crippen molar-refractivity contribution in [2.75, 3.05) is 18.5 Å². The Labute approximate surface area is 146 Å². The highest BCUT2D eigenvalue weighted by Gasteiger charge is 2.14. The average molecular weight is 342 g/mol. The van der Waals surface area contributed by atoms with Crippen molar-refractivity contribution in [1.82, 2.24) is 15.8 Å². The monoisotopic (exact) mass is 342 g/mol. The number of amides is 2. The van der Waals surface area contributed by atoms with Gasteiger partial charge in [-0.1, -0.05) is 17.7 Å². The van der Waals surface area contributed by atoms with Gasteiger partial charge in [-0.3, -0.25) is 20.4 Å². The molecule has 0 aliphatic carbocycles. The summed E-state index contributed by atoms with van der Waals surface area (Å²) in [5.41, 5.74) is 8.06. The lowest BCUT2D eigenvalue weighted by Crippen LogP contribution is -2.44. The number of hydrogen-bond acceptors (Lipinski definition) is 5. The Kier molecular flexibility index (Phi) is 6.33. The summed E-state index contributed by atoms with van der Waals surface area (Å²) in [7, 11) is 0. The third-order valence-corrected chi connectivity index (χ3v) is 3.43. The van der Waals surface area contributed by atoms with Crippen LogP contribution in [0.15, 0.2) is 36.5 Å². The van der Waals surface area contributed by atoms with Crippen LogP contribution in [0.5, 0.6) is 5.88 Å². The van der Waals surface area contributed by atoms with Crippen molar-refractivity contribution >= 4 is 17.5 Å². The number of anilines is 1. The van der Waals surface area contributed by atoms with Crippen molar-refractivity contribution in [2.24, 2.45) is 0 Å². The molecule has 0 aliphatic rings. The van der Waals surface area contributed by atoms with Crippen LogP contribution in [0.3, 0.4) is 0 Å². The number of carbonyl (C=O) groups is 2. The highest BCUT2D eigenvalue weighted by atomic mass is 16.5. The van der Waals surface area contributed by atoms with E-state index in [1.807, 2.05) is 32.0 Å². The molecule has 1 aromatic carbocycles. The second kappa shape index (κ2) is 8.68. The van der Waals surface area contributed by atoms with Crippen molar-refractivity contribution in [1.29, 1.82) is 0 Å². The lowest BCUT2D eigenvalue weighted by Gasteiger charge is -2.12. The topological polar surface area (TPSA) is 92.3 Å². The molecule has 25 heavy (non-hydrogen) atoms. The van der Waals surface area contributed by atoms with Crippen molar-refractivity contribution < 1.29 is 14.3 Å². The first kappa shape index (κ1) is 18.3. The van der Waals surface area contributed by atoms with Gasteiger partial charge >= 0.3 is 0 Å². The zero-order chi connectivity index (χ0) is 18.2. The number of hydrazine groups is 1. The number of nitrogens with one attached hydrogen (secondary N) is 3. The van der Waals surface area contributed by atoms with Gasteiger partial charge in [-0.05, 0) is 44.5 Å². The third kappa shape index (κ3) is 5.20. The molecule has 0 aliphatic heterocycles. The average Bonchev–Trinajstić information content (AvgIpc) is 2.59. The molecular weight excluding hydrogens is 320 g/mol.